The fourth-order valence-corrected chi connectivity index (χ4v) is 5.09. The lowest BCUT2D eigenvalue weighted by molar-refractivity contribution is -0.188. The van der Waals surface area contributed by atoms with E-state index in [9.17, 15) is 14.7 Å². The van der Waals surface area contributed by atoms with Gasteiger partial charge in [-0.05, 0) is 57.3 Å². The predicted molar refractivity (Wildman–Crippen MR) is 78.8 cm³/mol. The average molecular weight is 308 g/mol. The van der Waals surface area contributed by atoms with Crippen LogP contribution in [0.1, 0.15) is 45.4 Å². The molecule has 0 amide bonds. The number of esters is 2. The number of carbonyl (C=O) groups is 2. The van der Waals surface area contributed by atoms with E-state index in [1.165, 1.54) is 13.3 Å². The van der Waals surface area contributed by atoms with Gasteiger partial charge in [-0.2, -0.15) is 0 Å². The van der Waals surface area contributed by atoms with Gasteiger partial charge in [0.25, 0.3) is 0 Å². The molecule has 4 aliphatic rings. The van der Waals surface area contributed by atoms with Crippen LogP contribution < -0.4 is 0 Å². The van der Waals surface area contributed by atoms with Crippen molar-refractivity contribution in [2.24, 2.45) is 17.3 Å². The van der Waals surface area contributed by atoms with Crippen molar-refractivity contribution >= 4 is 11.9 Å². The van der Waals surface area contributed by atoms with Crippen LogP contribution in [0.2, 0.25) is 0 Å². The molecule has 122 valence electrons. The molecule has 2 atom stereocenters. The molecule has 2 unspecified atom stereocenters. The van der Waals surface area contributed by atoms with Crippen molar-refractivity contribution in [3.63, 3.8) is 0 Å². The lowest BCUT2D eigenvalue weighted by Gasteiger charge is -2.59. The van der Waals surface area contributed by atoms with Gasteiger partial charge in [-0.15, -0.1) is 0 Å². The number of hydrogen-bond donors (Lipinski definition) is 1. The van der Waals surface area contributed by atoms with Crippen LogP contribution in [0.25, 0.3) is 0 Å². The molecule has 0 heterocycles. The Morgan fingerprint density at radius 2 is 1.82 bits per heavy atom. The largest absolute Gasteiger partial charge is 0.463 e. The minimum absolute atomic E-state index is 0.0765. The zero-order chi connectivity index (χ0) is 16.0. The summed E-state index contributed by atoms with van der Waals surface area (Å²) in [5, 5.41) is 10.7. The molecule has 0 saturated heterocycles. The molecule has 0 spiro atoms. The Balaban J connectivity index is 1.52. The highest BCUT2D eigenvalue weighted by Crippen LogP contribution is 2.61. The zero-order valence-electron chi connectivity index (χ0n) is 13.1. The Kier molecular flexibility index (Phi) is 3.79. The normalized spacial score (nSPS) is 38.6. The van der Waals surface area contributed by atoms with Crippen molar-refractivity contribution in [1.82, 2.24) is 0 Å². The van der Waals surface area contributed by atoms with Crippen molar-refractivity contribution in [2.45, 2.75) is 51.0 Å². The van der Waals surface area contributed by atoms with Gasteiger partial charge in [0.15, 0.2) is 6.61 Å². The standard InChI is InChI=1S/C17H24O5/c1-11(2)15(19)21-8-14(18)22-10-16-4-12-3-13(5-16)7-17(20,6-12)9-16/h12-13,20H,1,3-10H2,2H3. The molecule has 0 aromatic carbocycles. The second-order valence-corrected chi connectivity index (χ2v) is 7.70. The van der Waals surface area contributed by atoms with E-state index < -0.39 is 17.5 Å². The summed E-state index contributed by atoms with van der Waals surface area (Å²) in [5.74, 6) is 0.00999. The molecular weight excluding hydrogens is 284 g/mol. The highest BCUT2D eigenvalue weighted by molar-refractivity contribution is 5.88. The van der Waals surface area contributed by atoms with Crippen LogP contribution in [-0.2, 0) is 19.1 Å². The van der Waals surface area contributed by atoms with Crippen LogP contribution in [0, 0.1) is 17.3 Å². The van der Waals surface area contributed by atoms with Gasteiger partial charge in [0.2, 0.25) is 0 Å². The van der Waals surface area contributed by atoms with Crippen LogP contribution in [0.5, 0.6) is 0 Å². The fraction of sp³-hybridized carbons (Fsp3) is 0.765. The van der Waals surface area contributed by atoms with E-state index in [4.69, 9.17) is 9.47 Å². The molecule has 4 rings (SSSR count). The predicted octanol–water partition coefficient (Wildman–Crippen LogP) is 1.98. The lowest BCUT2D eigenvalue weighted by atomic mass is 9.48. The molecule has 0 aromatic heterocycles. The second kappa shape index (κ2) is 5.37. The maximum absolute atomic E-state index is 11.8. The smallest absolute Gasteiger partial charge is 0.344 e. The molecule has 4 fully saturated rings. The number of ether oxygens (including phenoxy) is 2. The Morgan fingerprint density at radius 3 is 2.36 bits per heavy atom. The summed E-state index contributed by atoms with van der Waals surface area (Å²) >= 11 is 0. The van der Waals surface area contributed by atoms with E-state index in [1.807, 2.05) is 0 Å². The first-order chi connectivity index (χ1) is 10.3. The van der Waals surface area contributed by atoms with Crippen LogP contribution in [-0.4, -0.2) is 35.9 Å². The first kappa shape index (κ1) is 15.5. The van der Waals surface area contributed by atoms with E-state index in [0.717, 1.165) is 32.1 Å². The number of aliphatic hydroxyl groups is 1. The van der Waals surface area contributed by atoms with Crippen molar-refractivity contribution in [3.8, 4) is 0 Å². The van der Waals surface area contributed by atoms with Crippen molar-refractivity contribution in [1.29, 1.82) is 0 Å². The van der Waals surface area contributed by atoms with Crippen molar-refractivity contribution < 1.29 is 24.2 Å². The van der Waals surface area contributed by atoms with Crippen LogP contribution >= 0.6 is 0 Å². The van der Waals surface area contributed by atoms with Crippen molar-refractivity contribution in [2.75, 3.05) is 13.2 Å². The quantitative estimate of drug-likeness (QED) is 0.621. The molecule has 0 aromatic rings. The highest BCUT2D eigenvalue weighted by atomic mass is 16.6. The summed E-state index contributed by atoms with van der Waals surface area (Å²) in [6.45, 7) is 4.94. The SMILES string of the molecule is C=C(C)C(=O)OCC(=O)OCC12CC3CC(CC(O)(C3)C1)C2. The molecule has 0 aliphatic heterocycles. The first-order valence-corrected chi connectivity index (χ1v) is 8.00. The van der Waals surface area contributed by atoms with Gasteiger partial charge < -0.3 is 14.6 Å². The molecule has 22 heavy (non-hydrogen) atoms. The third-order valence-corrected chi connectivity index (χ3v) is 5.36. The summed E-state index contributed by atoms with van der Waals surface area (Å²) in [4.78, 5) is 23.0. The van der Waals surface area contributed by atoms with Gasteiger partial charge in [0.05, 0.1) is 12.2 Å². The Hall–Kier alpha value is -1.36. The zero-order valence-corrected chi connectivity index (χ0v) is 13.1. The summed E-state index contributed by atoms with van der Waals surface area (Å²) in [6, 6.07) is 0. The van der Waals surface area contributed by atoms with E-state index >= 15 is 0 Å². The molecule has 4 aliphatic carbocycles. The molecule has 5 heteroatoms. The average Bonchev–Trinajstić information content (AvgIpc) is 2.39. The summed E-state index contributed by atoms with van der Waals surface area (Å²) < 4.78 is 10.1. The summed E-state index contributed by atoms with van der Waals surface area (Å²) in [7, 11) is 0. The summed E-state index contributed by atoms with van der Waals surface area (Å²) in [6.07, 6.45) is 5.79. The highest BCUT2D eigenvalue weighted by Gasteiger charge is 2.57. The van der Waals surface area contributed by atoms with Crippen LogP contribution in [0.3, 0.4) is 0 Å². The topological polar surface area (TPSA) is 72.8 Å². The van der Waals surface area contributed by atoms with Gasteiger partial charge in [-0.1, -0.05) is 6.58 Å². The van der Waals surface area contributed by atoms with Crippen LogP contribution in [0.4, 0.5) is 0 Å². The van der Waals surface area contributed by atoms with Gasteiger partial charge >= 0.3 is 11.9 Å². The van der Waals surface area contributed by atoms with Gasteiger partial charge in [-0.3, -0.25) is 0 Å². The van der Waals surface area contributed by atoms with E-state index in [2.05, 4.69) is 6.58 Å². The third kappa shape index (κ3) is 3.05. The van der Waals surface area contributed by atoms with Crippen LogP contribution in [0.15, 0.2) is 12.2 Å². The Bertz CT molecular complexity index is 495. The number of carbonyl (C=O) groups excluding carboxylic acids is 2. The van der Waals surface area contributed by atoms with E-state index in [1.54, 1.807) is 0 Å². The Labute approximate surface area is 130 Å². The third-order valence-electron chi connectivity index (χ3n) is 5.36. The molecule has 0 radical (unpaired) electrons. The van der Waals surface area contributed by atoms with E-state index in [-0.39, 0.29) is 17.6 Å². The minimum Gasteiger partial charge on any atom is -0.463 e. The van der Waals surface area contributed by atoms with Crippen molar-refractivity contribution in [3.05, 3.63) is 12.2 Å². The first-order valence-electron chi connectivity index (χ1n) is 8.00. The monoisotopic (exact) mass is 308 g/mol. The second-order valence-electron chi connectivity index (χ2n) is 7.70. The summed E-state index contributed by atoms with van der Waals surface area (Å²) in [5.41, 5.74) is -0.369. The lowest BCUT2D eigenvalue weighted by Crippen LogP contribution is -2.57. The minimum atomic E-state index is -0.582. The van der Waals surface area contributed by atoms with Gasteiger partial charge in [0.1, 0.15) is 0 Å². The van der Waals surface area contributed by atoms with Gasteiger partial charge in [0, 0.05) is 11.0 Å². The fourth-order valence-electron chi connectivity index (χ4n) is 5.09. The molecule has 5 nitrogen and oxygen atoms in total. The maximum Gasteiger partial charge on any atom is 0.344 e. The molecule has 4 bridgehead atoms. The van der Waals surface area contributed by atoms with Gasteiger partial charge in [-0.25, -0.2) is 9.59 Å². The molecule has 1 N–H and O–H groups in total. The number of rotatable bonds is 5. The maximum atomic E-state index is 11.8. The molecule has 4 saturated carbocycles. The molecular formula is C17H24O5. The number of hydrogen-bond acceptors (Lipinski definition) is 5. The Morgan fingerprint density at radius 1 is 1.18 bits per heavy atom. The van der Waals surface area contributed by atoms with E-state index in [0.29, 0.717) is 18.4 Å².